The molecule has 4 rings (SSSR count). The maximum atomic E-state index is 13.4. The highest BCUT2D eigenvalue weighted by molar-refractivity contribution is 7.07. The largest absolute Gasteiger partial charge is 0.504 e. The summed E-state index contributed by atoms with van der Waals surface area (Å²) in [4.78, 5) is 31.5. The first-order valence-electron chi connectivity index (χ1n) is 11.3. The molecule has 0 bridgehead atoms. The number of fused-ring (bicyclic) bond motifs is 1. The van der Waals surface area contributed by atoms with Crippen LogP contribution in [-0.4, -0.2) is 41.1 Å². The average Bonchev–Trinajstić information content (AvgIpc) is 3.16. The van der Waals surface area contributed by atoms with Crippen molar-refractivity contribution in [2.75, 3.05) is 20.3 Å². The number of rotatable bonds is 7. The van der Waals surface area contributed by atoms with E-state index in [0.717, 1.165) is 0 Å². The molecule has 1 aliphatic rings. The van der Waals surface area contributed by atoms with Crippen molar-refractivity contribution in [2.45, 2.75) is 26.8 Å². The number of nitrogens with zero attached hydrogens (tertiary/aromatic N) is 2. The minimum atomic E-state index is -0.761. The molecule has 1 atom stereocenters. The van der Waals surface area contributed by atoms with Crippen LogP contribution in [0.2, 0.25) is 0 Å². The number of aromatic nitrogens is 1. The maximum absolute atomic E-state index is 13.4. The molecule has 0 amide bonds. The molecule has 2 N–H and O–H groups in total. The molecule has 0 saturated heterocycles. The number of phenols is 2. The van der Waals surface area contributed by atoms with Crippen molar-refractivity contribution < 1.29 is 29.2 Å². The predicted octanol–water partition coefficient (Wildman–Crippen LogP) is 2.73. The molecule has 3 aromatic rings. The van der Waals surface area contributed by atoms with Crippen LogP contribution in [0.15, 0.2) is 51.8 Å². The Labute approximate surface area is 210 Å². The molecule has 36 heavy (non-hydrogen) atoms. The van der Waals surface area contributed by atoms with Gasteiger partial charge in [0.05, 0.1) is 30.4 Å². The lowest BCUT2D eigenvalue weighted by Crippen LogP contribution is -2.35. The minimum absolute atomic E-state index is 0.00661. The van der Waals surface area contributed by atoms with Crippen LogP contribution >= 0.6 is 11.3 Å². The van der Waals surface area contributed by atoms with E-state index in [1.807, 2.05) is 0 Å². The third-order valence-corrected chi connectivity index (χ3v) is 6.62. The highest BCUT2D eigenvalue weighted by Crippen LogP contribution is 2.36. The van der Waals surface area contributed by atoms with Crippen LogP contribution in [0.4, 0.5) is 0 Å². The van der Waals surface area contributed by atoms with Gasteiger partial charge in [0.2, 0.25) is 0 Å². The number of carbonyl (C=O) groups is 1. The number of phenolic OH excluding ortho intramolecular Hbond substituents is 2. The number of esters is 1. The fourth-order valence-corrected chi connectivity index (χ4v) is 5.01. The molecule has 1 aromatic heterocycles. The monoisotopic (exact) mass is 510 g/mol. The van der Waals surface area contributed by atoms with Gasteiger partial charge in [0, 0.05) is 5.70 Å². The topological polar surface area (TPSA) is 120 Å². The van der Waals surface area contributed by atoms with E-state index in [-0.39, 0.29) is 40.7 Å². The van der Waals surface area contributed by atoms with Crippen LogP contribution in [0.5, 0.6) is 23.0 Å². The molecule has 2 aromatic carbocycles. The zero-order valence-electron chi connectivity index (χ0n) is 20.3. The van der Waals surface area contributed by atoms with Crippen LogP contribution in [0, 0.1) is 0 Å². The summed E-state index contributed by atoms with van der Waals surface area (Å²) in [6, 6.07) is 8.80. The van der Waals surface area contributed by atoms with Crippen molar-refractivity contribution in [3.63, 3.8) is 0 Å². The van der Waals surface area contributed by atoms with Gasteiger partial charge in [-0.15, -0.1) is 0 Å². The van der Waals surface area contributed by atoms with E-state index < -0.39 is 12.0 Å². The molecule has 1 aliphatic heterocycles. The minimum Gasteiger partial charge on any atom is -0.504 e. The van der Waals surface area contributed by atoms with E-state index >= 15 is 0 Å². The fourth-order valence-electron chi connectivity index (χ4n) is 3.97. The summed E-state index contributed by atoms with van der Waals surface area (Å²) >= 11 is 1.18. The SMILES string of the molecule is CCOC(=O)C1=C(C)n2c(s/c(=C\c3ccc(O)c(OC)c3)c2=O)=N[C@@H]1c1ccc(O)c(OCC)c1. The number of hydrogen-bond donors (Lipinski definition) is 2. The van der Waals surface area contributed by atoms with Crippen molar-refractivity contribution in [3.05, 3.63) is 72.8 Å². The second kappa shape index (κ2) is 10.3. The smallest absolute Gasteiger partial charge is 0.338 e. The second-order valence-electron chi connectivity index (χ2n) is 7.88. The normalized spacial score (nSPS) is 15.3. The van der Waals surface area contributed by atoms with Crippen LogP contribution in [0.3, 0.4) is 0 Å². The first kappa shape index (κ1) is 25.1. The van der Waals surface area contributed by atoms with E-state index in [1.165, 1.54) is 35.1 Å². The molecule has 0 saturated carbocycles. The van der Waals surface area contributed by atoms with Gasteiger partial charge in [-0.2, -0.15) is 0 Å². The number of hydrogen-bond acceptors (Lipinski definition) is 9. The third kappa shape index (κ3) is 4.59. The van der Waals surface area contributed by atoms with Crippen LogP contribution in [-0.2, 0) is 9.53 Å². The predicted molar refractivity (Wildman–Crippen MR) is 135 cm³/mol. The van der Waals surface area contributed by atoms with Gasteiger partial charge in [-0.3, -0.25) is 9.36 Å². The van der Waals surface area contributed by atoms with Gasteiger partial charge >= 0.3 is 5.97 Å². The zero-order chi connectivity index (χ0) is 26.0. The first-order chi connectivity index (χ1) is 17.3. The third-order valence-electron chi connectivity index (χ3n) is 5.64. The summed E-state index contributed by atoms with van der Waals surface area (Å²) in [5, 5.41) is 20.0. The van der Waals surface area contributed by atoms with Crippen molar-refractivity contribution in [2.24, 2.45) is 4.99 Å². The highest BCUT2D eigenvalue weighted by atomic mass is 32.1. The van der Waals surface area contributed by atoms with Gasteiger partial charge in [0.15, 0.2) is 27.8 Å². The molecular weight excluding hydrogens is 484 g/mol. The number of benzene rings is 2. The quantitative estimate of drug-likeness (QED) is 0.469. The lowest BCUT2D eigenvalue weighted by atomic mass is 9.96. The number of aromatic hydroxyl groups is 2. The lowest BCUT2D eigenvalue weighted by Gasteiger charge is -2.22. The highest BCUT2D eigenvalue weighted by Gasteiger charge is 2.32. The van der Waals surface area contributed by atoms with Crippen molar-refractivity contribution in [3.8, 4) is 23.0 Å². The average molecular weight is 511 g/mol. The Morgan fingerprint density at radius 3 is 2.53 bits per heavy atom. The Balaban J connectivity index is 1.93. The summed E-state index contributed by atoms with van der Waals surface area (Å²) in [6.45, 7) is 5.71. The van der Waals surface area contributed by atoms with Crippen LogP contribution < -0.4 is 24.4 Å². The van der Waals surface area contributed by atoms with Crippen LogP contribution in [0.1, 0.15) is 37.9 Å². The molecular formula is C26H26N2O7S. The molecule has 0 spiro atoms. The van der Waals surface area contributed by atoms with Gasteiger partial charge in [-0.1, -0.05) is 23.5 Å². The second-order valence-corrected chi connectivity index (χ2v) is 8.89. The van der Waals surface area contributed by atoms with Gasteiger partial charge in [-0.25, -0.2) is 9.79 Å². The van der Waals surface area contributed by atoms with E-state index in [4.69, 9.17) is 19.2 Å². The van der Waals surface area contributed by atoms with Crippen LogP contribution in [0.25, 0.3) is 11.8 Å². The standard InChI is InChI=1S/C26H26N2O7S/c1-5-34-20-13-16(8-10-18(20)30)23-22(25(32)35-6-2)14(3)28-24(31)21(36-26(28)27-23)12-15-7-9-17(29)19(11-15)33-4/h7-13,23,29-30H,5-6H2,1-4H3/b21-12-/t23-/m1/s1. The molecule has 0 unspecified atom stereocenters. The van der Waals surface area contributed by atoms with Crippen molar-refractivity contribution in [1.29, 1.82) is 0 Å². The van der Waals surface area contributed by atoms with E-state index in [9.17, 15) is 19.8 Å². The molecule has 9 nitrogen and oxygen atoms in total. The Kier molecular flexibility index (Phi) is 7.16. The van der Waals surface area contributed by atoms with Gasteiger partial charge < -0.3 is 24.4 Å². The Morgan fingerprint density at radius 2 is 1.83 bits per heavy atom. The molecule has 2 heterocycles. The summed E-state index contributed by atoms with van der Waals surface area (Å²) in [7, 11) is 1.45. The van der Waals surface area contributed by atoms with E-state index in [1.54, 1.807) is 51.1 Å². The number of carbonyl (C=O) groups excluding carboxylic acids is 1. The van der Waals surface area contributed by atoms with Crippen molar-refractivity contribution >= 4 is 29.1 Å². The molecule has 0 fully saturated rings. The molecule has 0 aliphatic carbocycles. The van der Waals surface area contributed by atoms with Crippen molar-refractivity contribution in [1.82, 2.24) is 4.57 Å². The van der Waals surface area contributed by atoms with Gasteiger partial charge in [0.25, 0.3) is 5.56 Å². The molecule has 0 radical (unpaired) electrons. The van der Waals surface area contributed by atoms with E-state index in [0.29, 0.717) is 32.8 Å². The fraction of sp³-hybridized carbons (Fsp3) is 0.269. The summed E-state index contributed by atoms with van der Waals surface area (Å²) in [5.74, 6) is -0.0484. The molecule has 188 valence electrons. The zero-order valence-corrected chi connectivity index (χ0v) is 21.1. The molecule has 10 heteroatoms. The maximum Gasteiger partial charge on any atom is 0.338 e. The van der Waals surface area contributed by atoms with Gasteiger partial charge in [0.1, 0.15) is 6.04 Å². The lowest BCUT2D eigenvalue weighted by molar-refractivity contribution is -0.138. The number of allylic oxidation sites excluding steroid dienone is 1. The van der Waals surface area contributed by atoms with Gasteiger partial charge in [-0.05, 0) is 62.2 Å². The number of thiazole rings is 1. The number of methoxy groups -OCH3 is 1. The summed E-state index contributed by atoms with van der Waals surface area (Å²) in [5.41, 5.74) is 1.59. The van der Waals surface area contributed by atoms with E-state index in [2.05, 4.69) is 0 Å². The number of ether oxygens (including phenoxy) is 3. The Morgan fingerprint density at radius 1 is 1.11 bits per heavy atom. The summed E-state index contributed by atoms with van der Waals surface area (Å²) in [6.07, 6.45) is 1.68. The summed E-state index contributed by atoms with van der Waals surface area (Å²) < 4.78 is 17.8. The Hall–Kier alpha value is -4.05. The first-order valence-corrected chi connectivity index (χ1v) is 12.1. The Bertz CT molecular complexity index is 1530.